The number of fused-ring (bicyclic) bond motifs is 1. The molecule has 2 atom stereocenters. The lowest BCUT2D eigenvalue weighted by atomic mass is 9.98. The van der Waals surface area contributed by atoms with E-state index in [4.69, 9.17) is 0 Å². The second-order valence-corrected chi connectivity index (χ2v) is 11.5. The van der Waals surface area contributed by atoms with Gasteiger partial charge in [-0.05, 0) is 60.6 Å². The molecule has 3 N–H and O–H groups in total. The van der Waals surface area contributed by atoms with Gasteiger partial charge < -0.3 is 15.7 Å². The summed E-state index contributed by atoms with van der Waals surface area (Å²) in [5.74, 6) is -2.32. The number of nitrogens with zero attached hydrogens (tertiary/aromatic N) is 2. The van der Waals surface area contributed by atoms with E-state index < -0.39 is 41.6 Å². The second-order valence-electron chi connectivity index (χ2n) is 10.4. The lowest BCUT2D eigenvalue weighted by Gasteiger charge is -2.27. The molecule has 1 aliphatic rings. The molecule has 0 aliphatic heterocycles. The summed E-state index contributed by atoms with van der Waals surface area (Å²) in [4.78, 5) is 13.4. The second kappa shape index (κ2) is 11.1. The molecule has 12 heteroatoms. The van der Waals surface area contributed by atoms with Crippen LogP contribution in [0.2, 0.25) is 0 Å². The minimum Gasteiger partial charge on any atom is -0.390 e. The van der Waals surface area contributed by atoms with Crippen molar-refractivity contribution < 1.29 is 31.9 Å². The quantitative estimate of drug-likeness (QED) is 0.213. The number of hydrogen-bond acceptors (Lipinski definition) is 5. The minimum absolute atomic E-state index is 0.0101. The van der Waals surface area contributed by atoms with Crippen molar-refractivity contribution in [1.82, 2.24) is 20.4 Å². The predicted octanol–water partition coefficient (Wildman–Crippen LogP) is 5.48. The van der Waals surface area contributed by atoms with E-state index >= 15 is 0 Å². The van der Waals surface area contributed by atoms with Crippen LogP contribution < -0.4 is 10.6 Å². The van der Waals surface area contributed by atoms with Crippen LogP contribution in [0.4, 0.5) is 22.0 Å². The summed E-state index contributed by atoms with van der Waals surface area (Å²) in [5, 5.41) is 20.6. The summed E-state index contributed by atoms with van der Waals surface area (Å²) in [6.07, 6.45) is -3.40. The molecule has 5 rings (SSSR count). The Hall–Kier alpha value is -3.35. The van der Waals surface area contributed by atoms with E-state index in [9.17, 15) is 31.9 Å². The van der Waals surface area contributed by atoms with Gasteiger partial charge in [-0.3, -0.25) is 9.48 Å². The first-order valence-corrected chi connectivity index (χ1v) is 14.0. The minimum atomic E-state index is -4.70. The molecule has 41 heavy (non-hydrogen) atoms. The Morgan fingerprint density at radius 1 is 1.12 bits per heavy atom. The molecular weight excluding hydrogens is 563 g/mol. The lowest BCUT2D eigenvalue weighted by Crippen LogP contribution is -2.50. The fourth-order valence-corrected chi connectivity index (χ4v) is 6.07. The topological polar surface area (TPSA) is 79.2 Å². The van der Waals surface area contributed by atoms with Crippen LogP contribution in [0.3, 0.4) is 0 Å². The molecule has 4 aromatic rings. The average molecular weight is 593 g/mol. The molecule has 1 fully saturated rings. The molecule has 0 unspecified atom stereocenters. The van der Waals surface area contributed by atoms with Gasteiger partial charge in [0.05, 0.1) is 17.0 Å². The van der Waals surface area contributed by atoms with Crippen molar-refractivity contribution in [3.8, 4) is 0 Å². The maximum absolute atomic E-state index is 13.9. The summed E-state index contributed by atoms with van der Waals surface area (Å²) in [6, 6.07) is 11.2. The fourth-order valence-electron chi connectivity index (χ4n) is 5.09. The van der Waals surface area contributed by atoms with Gasteiger partial charge in [-0.1, -0.05) is 31.2 Å². The van der Waals surface area contributed by atoms with Gasteiger partial charge in [0.1, 0.15) is 16.5 Å². The molecule has 218 valence electrons. The highest BCUT2D eigenvalue weighted by atomic mass is 32.1. The number of amides is 1. The van der Waals surface area contributed by atoms with E-state index in [0.717, 1.165) is 65.1 Å². The van der Waals surface area contributed by atoms with Crippen LogP contribution in [-0.2, 0) is 31.6 Å². The van der Waals surface area contributed by atoms with E-state index in [1.165, 1.54) is 12.6 Å². The van der Waals surface area contributed by atoms with Crippen molar-refractivity contribution in [2.75, 3.05) is 6.54 Å². The van der Waals surface area contributed by atoms with Gasteiger partial charge in [-0.25, -0.2) is 8.78 Å². The first-order chi connectivity index (χ1) is 19.4. The third-order valence-electron chi connectivity index (χ3n) is 7.45. The molecule has 2 heterocycles. The number of carbonyl (C=O) groups excluding carboxylic acids is 1. The number of aryl methyl sites for hydroxylation is 2. The number of alkyl halides is 3. The van der Waals surface area contributed by atoms with Crippen LogP contribution in [0, 0.1) is 11.6 Å². The molecule has 0 radical (unpaired) electrons. The highest BCUT2D eigenvalue weighted by Crippen LogP contribution is 2.45. The smallest absolute Gasteiger partial charge is 0.390 e. The van der Waals surface area contributed by atoms with Crippen LogP contribution in [0.1, 0.15) is 51.8 Å². The monoisotopic (exact) mass is 592 g/mol. The highest BCUT2D eigenvalue weighted by Gasteiger charge is 2.44. The van der Waals surface area contributed by atoms with Gasteiger partial charge in [0.15, 0.2) is 5.69 Å². The van der Waals surface area contributed by atoms with Gasteiger partial charge in [0, 0.05) is 30.6 Å². The number of rotatable bonds is 10. The Bertz CT molecular complexity index is 1560. The number of aromatic nitrogens is 2. The Morgan fingerprint density at radius 2 is 1.83 bits per heavy atom. The molecular formula is C29H29F5N4O2S. The number of hydrogen-bond donors (Lipinski definition) is 3. The van der Waals surface area contributed by atoms with Crippen LogP contribution in [0.5, 0.6) is 0 Å². The third-order valence-corrected chi connectivity index (χ3v) is 8.65. The Balaban J connectivity index is 1.37. The molecule has 1 aliphatic carbocycles. The summed E-state index contributed by atoms with van der Waals surface area (Å²) in [7, 11) is 1.36. The SMILES string of the molecule is CCc1cccc(C2(NC[C@@H](O)[C@H](Cc3cc(F)cc(F)c3)NC(=O)c3cc4c(C(F)(F)F)nn(C)c4s3)CC2)c1. The molecule has 0 saturated heterocycles. The molecule has 2 aromatic carbocycles. The molecule has 6 nitrogen and oxygen atoms in total. The van der Waals surface area contributed by atoms with E-state index in [1.54, 1.807) is 0 Å². The fraction of sp³-hybridized carbons (Fsp3) is 0.379. The van der Waals surface area contributed by atoms with Gasteiger partial charge in [0.25, 0.3) is 5.91 Å². The van der Waals surface area contributed by atoms with Gasteiger partial charge in [-0.2, -0.15) is 18.3 Å². The van der Waals surface area contributed by atoms with E-state index in [1.807, 2.05) is 18.2 Å². The highest BCUT2D eigenvalue weighted by molar-refractivity contribution is 7.20. The molecule has 0 bridgehead atoms. The summed E-state index contributed by atoms with van der Waals surface area (Å²) in [6.45, 7) is 2.13. The first-order valence-electron chi connectivity index (χ1n) is 13.2. The van der Waals surface area contributed by atoms with Crippen molar-refractivity contribution in [3.05, 3.63) is 87.4 Å². The number of nitrogens with one attached hydrogen (secondary N) is 2. The zero-order chi connectivity index (χ0) is 29.5. The van der Waals surface area contributed by atoms with E-state index in [2.05, 4.69) is 28.7 Å². The van der Waals surface area contributed by atoms with Crippen molar-refractivity contribution in [3.63, 3.8) is 0 Å². The van der Waals surface area contributed by atoms with Crippen molar-refractivity contribution in [2.24, 2.45) is 7.05 Å². The van der Waals surface area contributed by atoms with Crippen molar-refractivity contribution in [1.29, 1.82) is 0 Å². The van der Waals surface area contributed by atoms with E-state index in [0.29, 0.717) is 0 Å². The van der Waals surface area contributed by atoms with Gasteiger partial charge in [-0.15, -0.1) is 11.3 Å². The molecule has 1 saturated carbocycles. The third kappa shape index (κ3) is 6.29. The molecule has 1 amide bonds. The van der Waals surface area contributed by atoms with Gasteiger partial charge >= 0.3 is 6.18 Å². The Morgan fingerprint density at radius 3 is 2.46 bits per heavy atom. The lowest BCUT2D eigenvalue weighted by molar-refractivity contribution is -0.140. The standard InChI is InChI=1S/C29H29F5N4O2S/c1-3-16-5-4-6-18(9-16)28(7-8-28)35-15-23(39)22(12-17-10-19(30)13-20(31)11-17)36-26(40)24-14-21-25(29(32,33)34)37-38(2)27(21)41-24/h4-6,9-11,13-14,22-23,35,39H,3,7-8,12,15H2,1-2H3,(H,36,40)/t22-,23+/m0/s1. The predicted molar refractivity (Wildman–Crippen MR) is 146 cm³/mol. The van der Waals surface area contributed by atoms with E-state index in [-0.39, 0.29) is 39.2 Å². The van der Waals surface area contributed by atoms with Crippen LogP contribution in [0.25, 0.3) is 10.2 Å². The number of benzene rings is 2. The molecule has 2 aromatic heterocycles. The first kappa shape index (κ1) is 29.2. The zero-order valence-electron chi connectivity index (χ0n) is 22.4. The zero-order valence-corrected chi connectivity index (χ0v) is 23.2. The molecule has 0 spiro atoms. The maximum Gasteiger partial charge on any atom is 0.435 e. The summed E-state index contributed by atoms with van der Waals surface area (Å²) in [5.41, 5.74) is 1.07. The van der Waals surface area contributed by atoms with Crippen molar-refractivity contribution >= 4 is 27.5 Å². The normalized spacial score (nSPS) is 16.1. The number of carbonyl (C=O) groups is 1. The average Bonchev–Trinajstić information content (AvgIpc) is 3.46. The largest absolute Gasteiger partial charge is 0.435 e. The number of aliphatic hydroxyl groups is 1. The van der Waals surface area contributed by atoms with Crippen LogP contribution in [-0.4, -0.2) is 39.5 Å². The Kier molecular flexibility index (Phi) is 7.92. The Labute approximate surface area is 237 Å². The summed E-state index contributed by atoms with van der Waals surface area (Å²) < 4.78 is 69.2. The van der Waals surface area contributed by atoms with Crippen LogP contribution >= 0.6 is 11.3 Å². The van der Waals surface area contributed by atoms with Crippen LogP contribution in [0.15, 0.2) is 48.5 Å². The maximum atomic E-state index is 13.9. The number of halogens is 5. The summed E-state index contributed by atoms with van der Waals surface area (Å²) >= 11 is 0.833. The number of thiophene rings is 1. The van der Waals surface area contributed by atoms with Crippen molar-refractivity contribution in [2.45, 2.75) is 56.5 Å². The van der Waals surface area contributed by atoms with Gasteiger partial charge in [0.2, 0.25) is 0 Å². The number of aliphatic hydroxyl groups excluding tert-OH is 1.